The van der Waals surface area contributed by atoms with Gasteiger partial charge in [0.05, 0.1) is 7.11 Å². The summed E-state index contributed by atoms with van der Waals surface area (Å²) in [6.07, 6.45) is 0. The van der Waals surface area contributed by atoms with E-state index in [4.69, 9.17) is 16.3 Å². The van der Waals surface area contributed by atoms with Crippen LogP contribution in [0, 0.1) is 6.92 Å². The zero-order valence-electron chi connectivity index (χ0n) is 8.54. The van der Waals surface area contributed by atoms with Crippen LogP contribution in [0.25, 0.3) is 0 Å². The van der Waals surface area contributed by atoms with Crippen molar-refractivity contribution in [3.63, 3.8) is 0 Å². The van der Waals surface area contributed by atoms with E-state index in [1.165, 1.54) is 0 Å². The minimum atomic E-state index is 0.0464. The van der Waals surface area contributed by atoms with Crippen LogP contribution in [-0.2, 0) is 0 Å². The first kappa shape index (κ1) is 11.0. The first-order valence-corrected chi connectivity index (χ1v) is 4.83. The largest absolute Gasteiger partial charge is 0.481 e. The normalized spacial score (nSPS) is 12.3. The van der Waals surface area contributed by atoms with Crippen LogP contribution in [0.2, 0.25) is 0 Å². The van der Waals surface area contributed by atoms with Crippen LogP contribution in [0.4, 0.5) is 5.95 Å². The summed E-state index contributed by atoms with van der Waals surface area (Å²) in [7, 11) is 1.58. The number of nitrogens with zero attached hydrogens (tertiary/aromatic N) is 2. The molecule has 0 radical (unpaired) electrons. The van der Waals surface area contributed by atoms with Crippen LogP contribution in [-0.4, -0.2) is 29.0 Å². The molecule has 1 aromatic heterocycles. The molecule has 4 nitrogen and oxygen atoms in total. The lowest BCUT2D eigenvalue weighted by Gasteiger charge is -2.07. The first-order chi connectivity index (χ1) is 6.61. The van der Waals surface area contributed by atoms with E-state index in [9.17, 15) is 0 Å². The number of nitrogens with one attached hydrogen (secondary N) is 1. The van der Waals surface area contributed by atoms with Gasteiger partial charge in [0.2, 0.25) is 11.8 Å². The van der Waals surface area contributed by atoms with Crippen molar-refractivity contribution >= 4 is 17.5 Å². The number of aromatic nitrogens is 2. The predicted octanol–water partition coefficient (Wildman–Crippen LogP) is 1.83. The Morgan fingerprint density at radius 2 is 2.29 bits per heavy atom. The molecule has 0 saturated carbocycles. The number of aryl methyl sites for hydroxylation is 1. The molecular formula is C9H14ClN3O. The number of alkyl halides is 1. The van der Waals surface area contributed by atoms with Gasteiger partial charge in [0.1, 0.15) is 0 Å². The summed E-state index contributed by atoms with van der Waals surface area (Å²) in [5, 5.41) is 3.07. The van der Waals surface area contributed by atoms with E-state index in [0.717, 1.165) is 5.69 Å². The maximum Gasteiger partial charge on any atom is 0.226 e. The molecule has 0 aliphatic carbocycles. The second-order valence-electron chi connectivity index (χ2n) is 3.04. The Hall–Kier alpha value is -1.03. The molecule has 0 aliphatic rings. The molecule has 5 heteroatoms. The van der Waals surface area contributed by atoms with E-state index >= 15 is 0 Å². The van der Waals surface area contributed by atoms with Gasteiger partial charge in [0.25, 0.3) is 0 Å². The number of hydrogen-bond acceptors (Lipinski definition) is 4. The van der Waals surface area contributed by atoms with Crippen LogP contribution >= 0.6 is 11.6 Å². The van der Waals surface area contributed by atoms with Crippen LogP contribution < -0.4 is 10.1 Å². The number of halogens is 1. The van der Waals surface area contributed by atoms with Crippen LogP contribution in [0.15, 0.2) is 6.07 Å². The topological polar surface area (TPSA) is 47.0 Å². The van der Waals surface area contributed by atoms with Gasteiger partial charge < -0.3 is 10.1 Å². The zero-order valence-corrected chi connectivity index (χ0v) is 9.30. The summed E-state index contributed by atoms with van der Waals surface area (Å²) in [6.45, 7) is 4.43. The Labute approximate surface area is 88.7 Å². The SMILES string of the molecule is COc1cc(C)nc(NCC(C)Cl)n1. The Morgan fingerprint density at radius 3 is 2.86 bits per heavy atom. The second kappa shape index (κ2) is 5.00. The number of hydrogen-bond donors (Lipinski definition) is 1. The van der Waals surface area contributed by atoms with Gasteiger partial charge in [-0.3, -0.25) is 0 Å². The van der Waals surface area contributed by atoms with Crippen molar-refractivity contribution < 1.29 is 4.74 Å². The Bertz CT molecular complexity index is 304. The van der Waals surface area contributed by atoms with Crippen molar-refractivity contribution in [1.29, 1.82) is 0 Å². The molecule has 0 saturated heterocycles. The van der Waals surface area contributed by atoms with Gasteiger partial charge in [-0.25, -0.2) is 4.98 Å². The van der Waals surface area contributed by atoms with E-state index < -0.39 is 0 Å². The number of anilines is 1. The lowest BCUT2D eigenvalue weighted by atomic mass is 10.4. The molecule has 0 amide bonds. The highest BCUT2D eigenvalue weighted by Gasteiger charge is 2.02. The molecule has 1 heterocycles. The maximum absolute atomic E-state index is 5.79. The number of methoxy groups -OCH3 is 1. The highest BCUT2D eigenvalue weighted by molar-refractivity contribution is 6.20. The molecule has 78 valence electrons. The van der Waals surface area contributed by atoms with Gasteiger partial charge in [0.15, 0.2) is 0 Å². The monoisotopic (exact) mass is 215 g/mol. The molecule has 0 spiro atoms. The highest BCUT2D eigenvalue weighted by atomic mass is 35.5. The van der Waals surface area contributed by atoms with Gasteiger partial charge in [-0.05, 0) is 13.8 Å². The molecule has 0 aliphatic heterocycles. The molecule has 1 N–H and O–H groups in total. The van der Waals surface area contributed by atoms with Gasteiger partial charge in [-0.2, -0.15) is 4.98 Å². The molecule has 1 atom stereocenters. The van der Waals surface area contributed by atoms with E-state index in [1.807, 2.05) is 13.8 Å². The maximum atomic E-state index is 5.79. The van der Waals surface area contributed by atoms with Crippen molar-refractivity contribution in [1.82, 2.24) is 9.97 Å². The molecule has 0 fully saturated rings. The quantitative estimate of drug-likeness (QED) is 0.779. The molecule has 0 aromatic carbocycles. The third-order valence-corrected chi connectivity index (χ3v) is 1.74. The van der Waals surface area contributed by atoms with E-state index in [2.05, 4.69) is 15.3 Å². The molecule has 1 rings (SSSR count). The van der Waals surface area contributed by atoms with Gasteiger partial charge in [-0.15, -0.1) is 11.6 Å². The summed E-state index contributed by atoms with van der Waals surface area (Å²) in [4.78, 5) is 8.31. The van der Waals surface area contributed by atoms with Crippen LogP contribution in [0.3, 0.4) is 0 Å². The third kappa shape index (κ3) is 3.38. The summed E-state index contributed by atoms with van der Waals surface area (Å²) in [5.74, 6) is 1.11. The van der Waals surface area contributed by atoms with Crippen LogP contribution in [0.5, 0.6) is 5.88 Å². The van der Waals surface area contributed by atoms with E-state index in [1.54, 1.807) is 13.2 Å². The second-order valence-corrected chi connectivity index (χ2v) is 3.78. The molecule has 0 bridgehead atoms. The molecule has 14 heavy (non-hydrogen) atoms. The summed E-state index contributed by atoms with van der Waals surface area (Å²) in [6, 6.07) is 1.77. The summed E-state index contributed by atoms with van der Waals surface area (Å²) < 4.78 is 5.02. The average Bonchev–Trinajstić information content (AvgIpc) is 2.14. The van der Waals surface area contributed by atoms with Crippen molar-refractivity contribution in [2.45, 2.75) is 19.2 Å². The van der Waals surface area contributed by atoms with Gasteiger partial charge in [0, 0.05) is 23.7 Å². The lowest BCUT2D eigenvalue weighted by Crippen LogP contribution is -2.13. The minimum absolute atomic E-state index is 0.0464. The average molecular weight is 216 g/mol. The van der Waals surface area contributed by atoms with Crippen molar-refractivity contribution in [2.75, 3.05) is 19.0 Å². The molecular weight excluding hydrogens is 202 g/mol. The summed E-state index contributed by atoms with van der Waals surface area (Å²) in [5.41, 5.74) is 0.863. The third-order valence-electron chi connectivity index (χ3n) is 1.58. The fourth-order valence-electron chi connectivity index (χ4n) is 0.955. The molecule has 1 unspecified atom stereocenters. The Morgan fingerprint density at radius 1 is 1.57 bits per heavy atom. The smallest absolute Gasteiger partial charge is 0.226 e. The fraction of sp³-hybridized carbons (Fsp3) is 0.556. The highest BCUT2D eigenvalue weighted by Crippen LogP contribution is 2.11. The molecule has 1 aromatic rings. The number of rotatable bonds is 4. The van der Waals surface area contributed by atoms with Gasteiger partial charge >= 0.3 is 0 Å². The van der Waals surface area contributed by atoms with Crippen molar-refractivity contribution in [2.24, 2.45) is 0 Å². The summed E-state index contributed by atoms with van der Waals surface area (Å²) >= 11 is 5.79. The van der Waals surface area contributed by atoms with E-state index in [0.29, 0.717) is 18.4 Å². The van der Waals surface area contributed by atoms with E-state index in [-0.39, 0.29) is 5.38 Å². The minimum Gasteiger partial charge on any atom is -0.481 e. The Balaban J connectivity index is 2.71. The predicted molar refractivity (Wildman–Crippen MR) is 57.1 cm³/mol. The van der Waals surface area contributed by atoms with Gasteiger partial charge in [-0.1, -0.05) is 0 Å². The standard InChI is InChI=1S/C9H14ClN3O/c1-6(10)5-11-9-12-7(2)4-8(13-9)14-3/h4,6H,5H2,1-3H3,(H,11,12,13). The zero-order chi connectivity index (χ0) is 10.6. The van der Waals surface area contributed by atoms with Crippen molar-refractivity contribution in [3.8, 4) is 5.88 Å². The van der Waals surface area contributed by atoms with Crippen molar-refractivity contribution in [3.05, 3.63) is 11.8 Å². The lowest BCUT2D eigenvalue weighted by molar-refractivity contribution is 0.397. The Kier molecular flexibility index (Phi) is 3.95. The van der Waals surface area contributed by atoms with Crippen LogP contribution in [0.1, 0.15) is 12.6 Å². The first-order valence-electron chi connectivity index (χ1n) is 4.39. The number of ether oxygens (including phenoxy) is 1. The fourth-order valence-corrected chi connectivity index (χ4v) is 1.03.